The summed E-state index contributed by atoms with van der Waals surface area (Å²) in [4.78, 5) is 13.1. The second-order valence-corrected chi connectivity index (χ2v) is 9.96. The first-order valence-electron chi connectivity index (χ1n) is 10.1. The first-order chi connectivity index (χ1) is 13.8. The number of sulfonamides is 1. The normalized spacial score (nSPS) is 23.7. The fourth-order valence-corrected chi connectivity index (χ4v) is 5.92. The quantitative estimate of drug-likeness (QED) is 0.745. The summed E-state index contributed by atoms with van der Waals surface area (Å²) in [6, 6.07) is 6.94. The number of hydrogen-bond acceptors (Lipinski definition) is 8. The van der Waals surface area contributed by atoms with Gasteiger partial charge < -0.3 is 16.4 Å². The van der Waals surface area contributed by atoms with Gasteiger partial charge in [0.25, 0.3) is 0 Å². The molecule has 0 aromatic heterocycles. The number of aliphatic imine (C=N–C) groups is 2. The number of hydrogen-bond donors (Lipinski definition) is 2. The van der Waals surface area contributed by atoms with Gasteiger partial charge in [0.2, 0.25) is 21.9 Å². The fraction of sp³-hybridized carbons (Fsp3) is 0.579. The molecule has 10 heteroatoms. The number of piperazine rings is 1. The minimum Gasteiger partial charge on any atom is -0.369 e. The number of nitrogens with two attached hydrogens (primary N) is 2. The van der Waals surface area contributed by atoms with E-state index in [1.54, 1.807) is 22.5 Å². The molecule has 0 atom stereocenters. The SMILES string of the molecule is CN1CCN(S(=O)(=O)c2cccc(N3C(N)=NC(N)=NC34CCCCC4)c2)CC1. The highest BCUT2D eigenvalue weighted by Gasteiger charge is 2.43. The molecule has 4 N–H and O–H groups in total. The van der Waals surface area contributed by atoms with Crippen molar-refractivity contribution in [3.8, 4) is 0 Å². The molecule has 2 heterocycles. The van der Waals surface area contributed by atoms with E-state index >= 15 is 0 Å². The molecule has 1 saturated heterocycles. The van der Waals surface area contributed by atoms with Crippen LogP contribution in [-0.4, -0.2) is 68.4 Å². The Morgan fingerprint density at radius 3 is 2.41 bits per heavy atom. The van der Waals surface area contributed by atoms with Crippen LogP contribution < -0.4 is 16.4 Å². The summed E-state index contributed by atoms with van der Waals surface area (Å²) in [5.41, 5.74) is 12.3. The van der Waals surface area contributed by atoms with Crippen molar-refractivity contribution < 1.29 is 8.42 Å². The average molecular weight is 420 g/mol. The van der Waals surface area contributed by atoms with E-state index in [1.165, 1.54) is 0 Å². The molecule has 1 aromatic rings. The van der Waals surface area contributed by atoms with Crippen molar-refractivity contribution in [1.82, 2.24) is 9.21 Å². The van der Waals surface area contributed by atoms with Gasteiger partial charge in [-0.05, 0) is 50.9 Å². The molecule has 0 bridgehead atoms. The van der Waals surface area contributed by atoms with Crippen LogP contribution in [-0.2, 0) is 10.0 Å². The summed E-state index contributed by atoms with van der Waals surface area (Å²) in [5.74, 6) is 0.440. The Labute approximate surface area is 172 Å². The monoisotopic (exact) mass is 419 g/mol. The summed E-state index contributed by atoms with van der Waals surface area (Å²) in [6.45, 7) is 2.42. The van der Waals surface area contributed by atoms with Gasteiger partial charge >= 0.3 is 0 Å². The molecule has 158 valence electrons. The predicted molar refractivity (Wildman–Crippen MR) is 114 cm³/mol. The van der Waals surface area contributed by atoms with E-state index in [-0.39, 0.29) is 16.8 Å². The highest BCUT2D eigenvalue weighted by molar-refractivity contribution is 7.89. The maximum absolute atomic E-state index is 13.2. The lowest BCUT2D eigenvalue weighted by molar-refractivity contribution is 0.222. The molecule has 1 saturated carbocycles. The van der Waals surface area contributed by atoms with E-state index in [9.17, 15) is 8.42 Å². The number of likely N-dealkylation sites (N-methyl/N-ethyl adjacent to an activating group) is 1. The Hall–Kier alpha value is -2.17. The van der Waals surface area contributed by atoms with E-state index in [1.807, 2.05) is 18.0 Å². The Morgan fingerprint density at radius 1 is 1.03 bits per heavy atom. The summed E-state index contributed by atoms with van der Waals surface area (Å²) in [6.07, 6.45) is 4.78. The molecular formula is C19H29N7O2S. The smallest absolute Gasteiger partial charge is 0.243 e. The van der Waals surface area contributed by atoms with E-state index < -0.39 is 15.7 Å². The molecule has 0 unspecified atom stereocenters. The zero-order chi connectivity index (χ0) is 20.6. The van der Waals surface area contributed by atoms with Crippen molar-refractivity contribution in [2.75, 3.05) is 38.1 Å². The topological polar surface area (TPSA) is 121 Å². The zero-order valence-electron chi connectivity index (χ0n) is 16.8. The van der Waals surface area contributed by atoms with Crippen LogP contribution in [0.2, 0.25) is 0 Å². The minimum atomic E-state index is -3.58. The van der Waals surface area contributed by atoms with Crippen LogP contribution in [0.3, 0.4) is 0 Å². The number of anilines is 1. The van der Waals surface area contributed by atoms with Crippen LogP contribution in [0.25, 0.3) is 0 Å². The number of benzene rings is 1. The molecule has 0 amide bonds. The summed E-state index contributed by atoms with van der Waals surface area (Å²) < 4.78 is 28.0. The van der Waals surface area contributed by atoms with Gasteiger partial charge in [0.05, 0.1) is 4.90 Å². The van der Waals surface area contributed by atoms with E-state index in [0.717, 1.165) is 45.2 Å². The van der Waals surface area contributed by atoms with E-state index in [4.69, 9.17) is 11.5 Å². The first kappa shape index (κ1) is 20.1. The molecule has 9 nitrogen and oxygen atoms in total. The maximum Gasteiger partial charge on any atom is 0.243 e. The maximum atomic E-state index is 13.2. The average Bonchev–Trinajstić information content (AvgIpc) is 2.68. The van der Waals surface area contributed by atoms with Crippen LogP contribution in [0, 0.1) is 0 Å². The predicted octanol–water partition coefficient (Wildman–Crippen LogP) is 0.733. The lowest BCUT2D eigenvalue weighted by Crippen LogP contribution is -2.58. The van der Waals surface area contributed by atoms with E-state index in [0.29, 0.717) is 18.8 Å². The van der Waals surface area contributed by atoms with Gasteiger partial charge in [-0.15, -0.1) is 0 Å². The molecule has 1 spiro atoms. The van der Waals surface area contributed by atoms with Gasteiger partial charge in [-0.25, -0.2) is 13.4 Å². The third kappa shape index (κ3) is 3.72. The zero-order valence-corrected chi connectivity index (χ0v) is 17.6. The van der Waals surface area contributed by atoms with Gasteiger partial charge in [-0.2, -0.15) is 9.30 Å². The lowest BCUT2D eigenvalue weighted by atomic mass is 9.87. The van der Waals surface area contributed by atoms with Crippen LogP contribution in [0.1, 0.15) is 32.1 Å². The number of guanidine groups is 2. The highest BCUT2D eigenvalue weighted by Crippen LogP contribution is 2.40. The van der Waals surface area contributed by atoms with Crippen molar-refractivity contribution in [2.24, 2.45) is 21.5 Å². The number of nitrogens with zero attached hydrogens (tertiary/aromatic N) is 5. The van der Waals surface area contributed by atoms with Crippen molar-refractivity contribution in [3.05, 3.63) is 24.3 Å². The molecule has 1 aliphatic carbocycles. The Morgan fingerprint density at radius 2 is 1.72 bits per heavy atom. The van der Waals surface area contributed by atoms with Crippen molar-refractivity contribution in [1.29, 1.82) is 0 Å². The third-order valence-electron chi connectivity index (χ3n) is 6.03. The Bertz CT molecular complexity index is 930. The standard InChI is InChI=1S/C19H29N7O2S/c1-24-10-12-25(13-11-24)29(27,28)16-7-5-6-15(14-16)26-18(21)22-17(20)23-19(26)8-3-2-4-9-19/h5-7,14H,2-4,8-13H2,1H3,(H4,20,21,22,23). The Balaban J connectivity index is 1.70. The third-order valence-corrected chi connectivity index (χ3v) is 7.92. The van der Waals surface area contributed by atoms with Gasteiger partial charge in [-0.1, -0.05) is 12.5 Å². The molecule has 3 aliphatic rings. The van der Waals surface area contributed by atoms with Crippen LogP contribution in [0.4, 0.5) is 5.69 Å². The van der Waals surface area contributed by atoms with Crippen LogP contribution >= 0.6 is 0 Å². The minimum absolute atomic E-state index is 0.182. The largest absolute Gasteiger partial charge is 0.369 e. The van der Waals surface area contributed by atoms with E-state index in [2.05, 4.69) is 14.9 Å². The second-order valence-electron chi connectivity index (χ2n) is 8.02. The summed E-state index contributed by atoms with van der Waals surface area (Å²) >= 11 is 0. The number of rotatable bonds is 3. The van der Waals surface area contributed by atoms with Gasteiger partial charge in [-0.3, -0.25) is 4.90 Å². The van der Waals surface area contributed by atoms with Gasteiger partial charge in [0.15, 0.2) is 0 Å². The molecule has 4 rings (SSSR count). The van der Waals surface area contributed by atoms with Crippen molar-refractivity contribution >= 4 is 27.6 Å². The Kier molecular flexibility index (Phi) is 5.26. The fourth-order valence-electron chi connectivity index (χ4n) is 4.46. The van der Waals surface area contributed by atoms with Crippen LogP contribution in [0.15, 0.2) is 39.1 Å². The van der Waals surface area contributed by atoms with Crippen molar-refractivity contribution in [3.63, 3.8) is 0 Å². The lowest BCUT2D eigenvalue weighted by Gasteiger charge is -2.45. The van der Waals surface area contributed by atoms with Crippen molar-refractivity contribution in [2.45, 2.75) is 42.7 Å². The molecule has 2 fully saturated rings. The van der Waals surface area contributed by atoms with Crippen LogP contribution in [0.5, 0.6) is 0 Å². The summed E-state index contributed by atoms with van der Waals surface area (Å²) in [5, 5.41) is 0. The molecule has 2 aliphatic heterocycles. The molecule has 29 heavy (non-hydrogen) atoms. The summed E-state index contributed by atoms with van der Waals surface area (Å²) in [7, 11) is -1.58. The molecule has 1 aromatic carbocycles. The molecule has 0 radical (unpaired) electrons. The van der Waals surface area contributed by atoms with Gasteiger partial charge in [0, 0.05) is 31.9 Å². The second kappa shape index (κ2) is 7.58. The molecular weight excluding hydrogens is 390 g/mol. The first-order valence-corrected chi connectivity index (χ1v) is 11.5. The van der Waals surface area contributed by atoms with Gasteiger partial charge in [0.1, 0.15) is 5.66 Å². The highest BCUT2D eigenvalue weighted by atomic mass is 32.2.